The van der Waals surface area contributed by atoms with Crippen molar-refractivity contribution >= 4 is 22.8 Å². The van der Waals surface area contributed by atoms with Crippen LogP contribution in [0, 0.1) is 11.6 Å². The zero-order valence-electron chi connectivity index (χ0n) is 24.1. The average molecular weight is 546 g/mol. The highest BCUT2D eigenvalue weighted by atomic mass is 19.2. The highest BCUT2D eigenvalue weighted by Gasteiger charge is 2.21. The minimum absolute atomic E-state index is 0.169. The van der Waals surface area contributed by atoms with Gasteiger partial charge in [0.05, 0.1) is 30.4 Å². The largest absolute Gasteiger partial charge is 0.486 e. The van der Waals surface area contributed by atoms with Crippen LogP contribution in [0.25, 0.3) is 11.0 Å². The van der Waals surface area contributed by atoms with Gasteiger partial charge in [0.25, 0.3) is 5.91 Å². The molecule has 0 saturated carbocycles. The van der Waals surface area contributed by atoms with E-state index in [0.29, 0.717) is 67.4 Å². The third kappa shape index (κ3) is 8.83. The van der Waals surface area contributed by atoms with Gasteiger partial charge in [-0.1, -0.05) is 27.7 Å². The first-order chi connectivity index (χ1) is 18.8. The summed E-state index contributed by atoms with van der Waals surface area (Å²) in [4.78, 5) is 26.3. The summed E-state index contributed by atoms with van der Waals surface area (Å²) in [7, 11) is 3.86. The Labute approximate surface area is 230 Å². The number of anilines is 1. The van der Waals surface area contributed by atoms with Crippen LogP contribution in [-0.4, -0.2) is 74.3 Å². The Bertz CT molecular complexity index is 1200. The summed E-state index contributed by atoms with van der Waals surface area (Å²) < 4.78 is 38.5. The van der Waals surface area contributed by atoms with E-state index in [1.165, 1.54) is 6.07 Å². The van der Waals surface area contributed by atoms with Gasteiger partial charge in [0.2, 0.25) is 0 Å². The molecule has 2 aromatic carbocycles. The zero-order valence-corrected chi connectivity index (χ0v) is 24.1. The highest BCUT2D eigenvalue weighted by molar-refractivity contribution is 5.98. The number of aromatic nitrogens is 2. The molecule has 1 aliphatic heterocycles. The second kappa shape index (κ2) is 15.9. The topological polar surface area (TPSA) is 79.8 Å². The smallest absolute Gasteiger partial charge is 0.251 e. The summed E-state index contributed by atoms with van der Waals surface area (Å²) in [5.74, 6) is -1.32. The maximum Gasteiger partial charge on any atom is 0.251 e. The van der Waals surface area contributed by atoms with E-state index in [9.17, 15) is 13.6 Å². The van der Waals surface area contributed by atoms with E-state index in [1.54, 1.807) is 25.3 Å². The van der Waals surface area contributed by atoms with Gasteiger partial charge in [0.1, 0.15) is 17.7 Å². The van der Waals surface area contributed by atoms with Crippen LogP contribution in [-0.2, 0) is 4.74 Å². The van der Waals surface area contributed by atoms with Crippen LogP contribution in [0.3, 0.4) is 0 Å². The lowest BCUT2D eigenvalue weighted by Gasteiger charge is -2.28. The fourth-order valence-electron chi connectivity index (χ4n) is 3.83. The fraction of sp³-hybridized carbons (Fsp3) is 0.483. The molecule has 214 valence electrons. The van der Waals surface area contributed by atoms with E-state index in [4.69, 9.17) is 14.5 Å². The number of carbonyl (C=O) groups excluding carboxylic acids is 1. The third-order valence-corrected chi connectivity index (χ3v) is 5.75. The number of rotatable bonds is 8. The van der Waals surface area contributed by atoms with E-state index in [2.05, 4.69) is 15.2 Å². The van der Waals surface area contributed by atoms with Crippen LogP contribution in [0.2, 0.25) is 0 Å². The molecule has 8 nitrogen and oxygen atoms in total. The molecule has 1 N–H and O–H groups in total. The molecular weight excluding hydrogens is 504 g/mol. The van der Waals surface area contributed by atoms with Crippen LogP contribution in [0.5, 0.6) is 5.75 Å². The van der Waals surface area contributed by atoms with Crippen molar-refractivity contribution in [3.63, 3.8) is 0 Å². The van der Waals surface area contributed by atoms with Crippen LogP contribution >= 0.6 is 0 Å². The van der Waals surface area contributed by atoms with E-state index in [1.807, 2.05) is 46.7 Å². The molecule has 0 aliphatic carbocycles. The molecule has 1 aliphatic rings. The quantitative estimate of drug-likeness (QED) is 0.415. The Hall–Kier alpha value is -3.37. The lowest BCUT2D eigenvalue weighted by molar-refractivity contribution is 0.0951. The predicted octanol–water partition coefficient (Wildman–Crippen LogP) is 5.23. The predicted molar refractivity (Wildman–Crippen MR) is 152 cm³/mol. The van der Waals surface area contributed by atoms with Crippen molar-refractivity contribution in [1.82, 2.24) is 20.2 Å². The number of nitrogens with one attached hydrogen (secondary N) is 1. The zero-order chi connectivity index (χ0) is 28.9. The van der Waals surface area contributed by atoms with Gasteiger partial charge in [-0.25, -0.2) is 13.8 Å². The van der Waals surface area contributed by atoms with Crippen molar-refractivity contribution in [3.8, 4) is 5.75 Å². The van der Waals surface area contributed by atoms with Gasteiger partial charge < -0.3 is 24.6 Å². The van der Waals surface area contributed by atoms with Crippen molar-refractivity contribution in [1.29, 1.82) is 0 Å². The van der Waals surface area contributed by atoms with Crippen LogP contribution < -0.4 is 15.0 Å². The van der Waals surface area contributed by atoms with Gasteiger partial charge >= 0.3 is 0 Å². The molecule has 0 spiro atoms. The number of ether oxygens (including phenoxy) is 2. The number of morpholine rings is 1. The Balaban J connectivity index is 0.00000127. The van der Waals surface area contributed by atoms with E-state index in [-0.39, 0.29) is 11.7 Å². The molecule has 1 saturated heterocycles. The molecule has 1 atom stereocenters. The van der Waals surface area contributed by atoms with E-state index >= 15 is 0 Å². The van der Waals surface area contributed by atoms with Gasteiger partial charge in [-0.05, 0) is 45.3 Å². The number of fused-ring (bicyclic) bond motifs is 1. The number of nitrogens with zero attached hydrogens (tertiary/aromatic N) is 4. The highest BCUT2D eigenvalue weighted by Crippen LogP contribution is 2.30. The molecule has 0 bridgehead atoms. The monoisotopic (exact) mass is 545 g/mol. The summed E-state index contributed by atoms with van der Waals surface area (Å²) in [6, 6.07) is 6.79. The van der Waals surface area contributed by atoms with Crippen LogP contribution in [0.1, 0.15) is 56.6 Å². The number of hydrogen-bond donors (Lipinski definition) is 1. The molecule has 3 aromatic rings. The number of amides is 1. The van der Waals surface area contributed by atoms with Gasteiger partial charge in [-0.2, -0.15) is 0 Å². The van der Waals surface area contributed by atoms with E-state index < -0.39 is 17.7 Å². The normalized spacial score (nSPS) is 13.6. The number of likely N-dealkylation sites (N-methyl/N-ethyl adjacent to an activating group) is 1. The first-order valence-corrected chi connectivity index (χ1v) is 13.5. The molecule has 1 amide bonds. The third-order valence-electron chi connectivity index (χ3n) is 5.75. The minimum atomic E-state index is -0.997. The summed E-state index contributed by atoms with van der Waals surface area (Å²) in [5.41, 5.74) is 2.15. The lowest BCUT2D eigenvalue weighted by Crippen LogP contribution is -2.36. The van der Waals surface area contributed by atoms with Crippen LogP contribution in [0.4, 0.5) is 14.6 Å². The molecule has 0 radical (unpaired) electrons. The summed E-state index contributed by atoms with van der Waals surface area (Å²) in [6.45, 7) is 13.6. The molecule has 39 heavy (non-hydrogen) atoms. The maximum absolute atomic E-state index is 13.7. The molecule has 4 rings (SSSR count). The molecule has 1 unspecified atom stereocenters. The minimum Gasteiger partial charge on any atom is -0.486 e. The van der Waals surface area contributed by atoms with Crippen molar-refractivity contribution in [2.45, 2.75) is 40.7 Å². The summed E-state index contributed by atoms with van der Waals surface area (Å²) in [5, 5.41) is 2.90. The van der Waals surface area contributed by atoms with Gasteiger partial charge in [-0.15, -0.1) is 0 Å². The Kier molecular flexibility index (Phi) is 13.0. The number of halogens is 2. The lowest BCUT2D eigenvalue weighted by atomic mass is 10.0. The Morgan fingerprint density at radius 3 is 2.44 bits per heavy atom. The van der Waals surface area contributed by atoms with Gasteiger partial charge in [0, 0.05) is 43.4 Å². The Morgan fingerprint density at radius 1 is 1.10 bits per heavy atom. The Morgan fingerprint density at radius 2 is 1.79 bits per heavy atom. The first-order valence-electron chi connectivity index (χ1n) is 13.5. The number of benzene rings is 2. The standard InChI is InChI=1S/C25H29F2N5O3.2C2H6/c1-16(35-18-4-5-20(26)21(27)14-18)19-12-17(25(33)28-6-7-31(2)3)13-22-24(19)30-23(15-29-22)32-8-10-34-11-9-32;2*1-2/h4-5,12-16H,6-11H2,1-3H3,(H,28,33);2*1-2H3. The second-order valence-electron chi connectivity index (χ2n) is 8.66. The SMILES string of the molecule is CC.CC.CC(Oc1ccc(F)c(F)c1)c1cc(C(=O)NCCN(C)C)cc2ncc(N3CCOCC3)nc12. The molecule has 10 heteroatoms. The molecule has 2 heterocycles. The number of hydrogen-bond acceptors (Lipinski definition) is 7. The first kappa shape index (κ1) is 31.8. The fourth-order valence-corrected chi connectivity index (χ4v) is 3.83. The van der Waals surface area contributed by atoms with Crippen molar-refractivity contribution < 1.29 is 23.0 Å². The van der Waals surface area contributed by atoms with Gasteiger partial charge in [0.15, 0.2) is 11.6 Å². The van der Waals surface area contributed by atoms with Crippen LogP contribution in [0.15, 0.2) is 36.5 Å². The summed E-state index contributed by atoms with van der Waals surface area (Å²) in [6.07, 6.45) is 1.07. The van der Waals surface area contributed by atoms with Gasteiger partial charge in [-0.3, -0.25) is 9.78 Å². The van der Waals surface area contributed by atoms with Crippen molar-refractivity contribution in [2.75, 3.05) is 58.4 Å². The second-order valence-corrected chi connectivity index (χ2v) is 8.66. The maximum atomic E-state index is 13.7. The molecular formula is C29H41F2N5O3. The number of carbonyl (C=O) groups is 1. The van der Waals surface area contributed by atoms with Crippen molar-refractivity contribution in [2.24, 2.45) is 0 Å². The molecule has 1 fully saturated rings. The average Bonchev–Trinajstić information content (AvgIpc) is 2.96. The van der Waals surface area contributed by atoms with E-state index in [0.717, 1.165) is 12.1 Å². The summed E-state index contributed by atoms with van der Waals surface area (Å²) >= 11 is 0. The molecule has 1 aromatic heterocycles. The van der Waals surface area contributed by atoms with Crippen molar-refractivity contribution in [3.05, 3.63) is 59.3 Å².